The minimum atomic E-state index is -0.0321. The molecule has 2 aromatic rings. The van der Waals surface area contributed by atoms with Gasteiger partial charge in [-0.25, -0.2) is 9.97 Å². The molecule has 0 saturated carbocycles. The number of aromatic nitrogens is 3. The third kappa shape index (κ3) is 2.31. The van der Waals surface area contributed by atoms with E-state index in [-0.39, 0.29) is 10.8 Å². The van der Waals surface area contributed by atoms with Crippen molar-refractivity contribution >= 4 is 11.5 Å². The summed E-state index contributed by atoms with van der Waals surface area (Å²) in [6, 6.07) is 0. The third-order valence-electron chi connectivity index (χ3n) is 3.29. The first-order valence-electron chi connectivity index (χ1n) is 6.68. The predicted octanol–water partition coefficient (Wildman–Crippen LogP) is 3.21. The van der Waals surface area contributed by atoms with Crippen molar-refractivity contribution in [3.63, 3.8) is 0 Å². The zero-order valence-electron chi connectivity index (χ0n) is 13.0. The number of aryl methyl sites for hydroxylation is 1. The smallest absolute Gasteiger partial charge is 0.180 e. The van der Waals surface area contributed by atoms with E-state index >= 15 is 0 Å². The standard InChI is InChI=1S/C15H24N4/c1-9-11(15(5,6)7)19-8-10(14(2,3)4)18-12(16)13(19)17-9/h8H,1-7H3,(H2,16,18). The van der Waals surface area contributed by atoms with E-state index in [1.54, 1.807) is 0 Å². The van der Waals surface area contributed by atoms with Gasteiger partial charge in [-0.3, -0.25) is 4.40 Å². The highest BCUT2D eigenvalue weighted by atomic mass is 15.1. The van der Waals surface area contributed by atoms with Crippen molar-refractivity contribution in [2.45, 2.75) is 59.3 Å². The van der Waals surface area contributed by atoms with Crippen LogP contribution in [0.3, 0.4) is 0 Å². The second kappa shape index (κ2) is 3.95. The lowest BCUT2D eigenvalue weighted by Crippen LogP contribution is -2.19. The summed E-state index contributed by atoms with van der Waals surface area (Å²) < 4.78 is 2.11. The number of nitrogens with zero attached hydrogens (tertiary/aromatic N) is 3. The zero-order chi connectivity index (χ0) is 14.6. The van der Waals surface area contributed by atoms with Crippen molar-refractivity contribution in [2.24, 2.45) is 0 Å². The highest BCUT2D eigenvalue weighted by Gasteiger charge is 2.25. The number of rotatable bonds is 0. The molecule has 0 radical (unpaired) electrons. The van der Waals surface area contributed by atoms with Crippen LogP contribution in [0, 0.1) is 6.92 Å². The van der Waals surface area contributed by atoms with Gasteiger partial charge in [0.1, 0.15) is 0 Å². The van der Waals surface area contributed by atoms with Crippen LogP contribution in [-0.2, 0) is 10.8 Å². The van der Waals surface area contributed by atoms with Crippen LogP contribution in [0.5, 0.6) is 0 Å². The molecule has 2 aromatic heterocycles. The van der Waals surface area contributed by atoms with Gasteiger partial charge in [-0.1, -0.05) is 41.5 Å². The summed E-state index contributed by atoms with van der Waals surface area (Å²) >= 11 is 0. The van der Waals surface area contributed by atoms with Crippen LogP contribution < -0.4 is 5.73 Å². The topological polar surface area (TPSA) is 56.2 Å². The normalized spacial score (nSPS) is 13.2. The van der Waals surface area contributed by atoms with Crippen molar-refractivity contribution < 1.29 is 0 Å². The predicted molar refractivity (Wildman–Crippen MR) is 79.5 cm³/mol. The summed E-state index contributed by atoms with van der Waals surface area (Å²) in [6.07, 6.45) is 2.08. The van der Waals surface area contributed by atoms with Crippen LogP contribution in [0.4, 0.5) is 5.82 Å². The lowest BCUT2D eigenvalue weighted by atomic mass is 9.90. The maximum absolute atomic E-state index is 6.08. The van der Waals surface area contributed by atoms with E-state index in [0.717, 1.165) is 17.0 Å². The van der Waals surface area contributed by atoms with Crippen LogP contribution in [0.1, 0.15) is 58.6 Å². The molecule has 0 aliphatic carbocycles. The first-order valence-corrected chi connectivity index (χ1v) is 6.68. The second-order valence-electron chi connectivity index (χ2n) is 7.25. The van der Waals surface area contributed by atoms with Crippen LogP contribution >= 0.6 is 0 Å². The summed E-state index contributed by atoms with van der Waals surface area (Å²) in [7, 11) is 0. The van der Waals surface area contributed by atoms with Gasteiger partial charge >= 0.3 is 0 Å². The van der Waals surface area contributed by atoms with Gasteiger partial charge in [0.15, 0.2) is 11.5 Å². The lowest BCUT2D eigenvalue weighted by molar-refractivity contribution is 0.545. The largest absolute Gasteiger partial charge is 0.381 e. The molecule has 2 heterocycles. The summed E-state index contributed by atoms with van der Waals surface area (Å²) in [4.78, 5) is 9.08. The minimum Gasteiger partial charge on any atom is -0.381 e. The van der Waals surface area contributed by atoms with E-state index < -0.39 is 0 Å². The Bertz CT molecular complexity index is 624. The van der Waals surface area contributed by atoms with E-state index in [1.165, 1.54) is 5.69 Å². The summed E-state index contributed by atoms with van der Waals surface area (Å²) in [5.74, 6) is 0.506. The summed E-state index contributed by atoms with van der Waals surface area (Å²) in [6.45, 7) is 15.0. The summed E-state index contributed by atoms with van der Waals surface area (Å²) in [5, 5.41) is 0. The van der Waals surface area contributed by atoms with E-state index in [2.05, 4.69) is 62.1 Å². The maximum Gasteiger partial charge on any atom is 0.180 e. The van der Waals surface area contributed by atoms with Crippen LogP contribution in [0.15, 0.2) is 6.20 Å². The molecule has 0 saturated heterocycles. The molecular weight excluding hydrogens is 236 g/mol. The molecule has 0 unspecified atom stereocenters. The quantitative estimate of drug-likeness (QED) is 0.791. The van der Waals surface area contributed by atoms with Crippen LogP contribution in [0.2, 0.25) is 0 Å². The first-order chi connectivity index (χ1) is 8.51. The van der Waals surface area contributed by atoms with Crippen LogP contribution in [-0.4, -0.2) is 14.4 Å². The van der Waals surface area contributed by atoms with E-state index in [4.69, 9.17) is 5.73 Å². The van der Waals surface area contributed by atoms with Gasteiger partial charge in [-0.15, -0.1) is 0 Å². The fourth-order valence-electron chi connectivity index (χ4n) is 2.45. The van der Waals surface area contributed by atoms with Gasteiger partial charge in [0.2, 0.25) is 0 Å². The number of nitrogens with two attached hydrogens (primary N) is 1. The zero-order valence-corrected chi connectivity index (χ0v) is 13.0. The number of nitrogen functional groups attached to an aromatic ring is 1. The maximum atomic E-state index is 6.08. The van der Waals surface area contributed by atoms with Gasteiger partial charge in [-0.05, 0) is 6.92 Å². The van der Waals surface area contributed by atoms with E-state index in [1.807, 2.05) is 6.92 Å². The Labute approximate surface area is 115 Å². The van der Waals surface area contributed by atoms with Gasteiger partial charge in [0.05, 0.1) is 17.1 Å². The second-order valence-corrected chi connectivity index (χ2v) is 7.25. The average Bonchev–Trinajstić information content (AvgIpc) is 2.52. The van der Waals surface area contributed by atoms with Gasteiger partial charge in [-0.2, -0.15) is 0 Å². The molecule has 104 valence electrons. The van der Waals surface area contributed by atoms with Crippen molar-refractivity contribution in [3.05, 3.63) is 23.3 Å². The molecule has 4 heteroatoms. The SMILES string of the molecule is Cc1nc2c(N)nc(C(C)(C)C)cn2c1C(C)(C)C. The fraction of sp³-hybridized carbons (Fsp3) is 0.600. The number of imidazole rings is 1. The van der Waals surface area contributed by atoms with E-state index in [0.29, 0.717) is 5.82 Å². The first kappa shape index (κ1) is 13.8. The molecule has 0 atom stereocenters. The molecule has 0 spiro atoms. The molecule has 19 heavy (non-hydrogen) atoms. The molecule has 0 aliphatic heterocycles. The van der Waals surface area contributed by atoms with Gasteiger partial charge in [0.25, 0.3) is 0 Å². The Hall–Kier alpha value is -1.58. The van der Waals surface area contributed by atoms with Crippen molar-refractivity contribution in [1.82, 2.24) is 14.4 Å². The summed E-state index contributed by atoms with van der Waals surface area (Å²) in [5.41, 5.74) is 10.0. The fourth-order valence-corrected chi connectivity index (χ4v) is 2.45. The van der Waals surface area contributed by atoms with Gasteiger partial charge < -0.3 is 5.73 Å². The Morgan fingerprint density at radius 1 is 1.00 bits per heavy atom. The lowest BCUT2D eigenvalue weighted by Gasteiger charge is -2.22. The number of hydrogen-bond acceptors (Lipinski definition) is 3. The Kier molecular flexibility index (Phi) is 2.88. The number of fused-ring (bicyclic) bond motifs is 1. The Morgan fingerprint density at radius 3 is 2.05 bits per heavy atom. The number of hydrogen-bond donors (Lipinski definition) is 1. The monoisotopic (exact) mass is 260 g/mol. The molecule has 0 amide bonds. The molecule has 4 nitrogen and oxygen atoms in total. The molecule has 0 bridgehead atoms. The Morgan fingerprint density at radius 2 is 1.58 bits per heavy atom. The van der Waals surface area contributed by atoms with Crippen LogP contribution in [0.25, 0.3) is 5.65 Å². The third-order valence-corrected chi connectivity index (χ3v) is 3.29. The van der Waals surface area contributed by atoms with Gasteiger partial charge in [0, 0.05) is 17.0 Å². The average molecular weight is 260 g/mol. The molecule has 0 aliphatic rings. The molecule has 2 N–H and O–H groups in total. The molecule has 0 fully saturated rings. The molecular formula is C15H24N4. The highest BCUT2D eigenvalue weighted by molar-refractivity contribution is 5.62. The van der Waals surface area contributed by atoms with E-state index in [9.17, 15) is 0 Å². The van der Waals surface area contributed by atoms with Crippen molar-refractivity contribution in [3.8, 4) is 0 Å². The number of anilines is 1. The molecule has 0 aromatic carbocycles. The van der Waals surface area contributed by atoms with Crippen molar-refractivity contribution in [2.75, 3.05) is 5.73 Å². The Balaban J connectivity index is 2.85. The highest BCUT2D eigenvalue weighted by Crippen LogP contribution is 2.30. The molecule has 2 rings (SSSR count). The minimum absolute atomic E-state index is 0.0203. The van der Waals surface area contributed by atoms with Crippen molar-refractivity contribution in [1.29, 1.82) is 0 Å².